The molecule has 4 nitrogen and oxygen atoms in total. The van der Waals surface area contributed by atoms with Gasteiger partial charge in [-0.05, 0) is 74.1 Å². The molecule has 0 amide bonds. The van der Waals surface area contributed by atoms with Crippen LogP contribution in [0.4, 0.5) is 0 Å². The summed E-state index contributed by atoms with van der Waals surface area (Å²) < 4.78 is 0. The van der Waals surface area contributed by atoms with E-state index in [0.717, 1.165) is 32.7 Å². The van der Waals surface area contributed by atoms with Crippen molar-refractivity contribution in [3.05, 3.63) is 84.9 Å². The molecule has 0 aliphatic rings. The van der Waals surface area contributed by atoms with Crippen LogP contribution in [0, 0.1) is 0 Å². The molecular weight excluding hydrogens is 376 g/mol. The van der Waals surface area contributed by atoms with Crippen molar-refractivity contribution in [2.75, 3.05) is 0 Å². The van der Waals surface area contributed by atoms with Crippen LogP contribution >= 0.6 is 0 Å². The minimum atomic E-state index is -0.0291. The van der Waals surface area contributed by atoms with Crippen LogP contribution < -0.4 is 0 Å². The molecule has 4 heteroatoms. The fourth-order valence-electron chi connectivity index (χ4n) is 4.15. The minimum absolute atomic E-state index is 0.0284. The average Bonchev–Trinajstić information content (AvgIpc) is 2.70. The highest BCUT2D eigenvalue weighted by molar-refractivity contribution is 6.17. The molecule has 0 aromatic heterocycles. The Morgan fingerprint density at radius 1 is 0.467 bits per heavy atom. The second-order valence-corrected chi connectivity index (χ2v) is 7.35. The van der Waals surface area contributed by atoms with Crippen LogP contribution in [0.3, 0.4) is 0 Å². The first-order chi connectivity index (χ1) is 14.5. The van der Waals surface area contributed by atoms with Crippen molar-refractivity contribution >= 4 is 21.5 Å². The van der Waals surface area contributed by atoms with Gasteiger partial charge in [0.2, 0.25) is 0 Å². The summed E-state index contributed by atoms with van der Waals surface area (Å²) in [6, 6.07) is 24.9. The second kappa shape index (κ2) is 6.71. The minimum Gasteiger partial charge on any atom is -0.508 e. The van der Waals surface area contributed by atoms with Gasteiger partial charge >= 0.3 is 0 Å². The quantitative estimate of drug-likeness (QED) is 0.271. The van der Waals surface area contributed by atoms with E-state index in [1.165, 1.54) is 12.1 Å². The van der Waals surface area contributed by atoms with E-state index in [0.29, 0.717) is 11.1 Å². The molecule has 30 heavy (non-hydrogen) atoms. The van der Waals surface area contributed by atoms with Crippen molar-refractivity contribution in [2.24, 2.45) is 0 Å². The molecule has 0 bridgehead atoms. The Morgan fingerprint density at radius 2 is 1.03 bits per heavy atom. The van der Waals surface area contributed by atoms with Crippen LogP contribution in [0.1, 0.15) is 0 Å². The summed E-state index contributed by atoms with van der Waals surface area (Å²) in [5, 5.41) is 44.2. The van der Waals surface area contributed by atoms with Gasteiger partial charge in [0.25, 0.3) is 0 Å². The average molecular weight is 394 g/mol. The largest absolute Gasteiger partial charge is 0.508 e. The fraction of sp³-hybridized carbons (Fsp3) is 0. The fourth-order valence-corrected chi connectivity index (χ4v) is 4.15. The molecule has 5 rings (SSSR count). The molecule has 0 saturated carbocycles. The predicted octanol–water partition coefficient (Wildman–Crippen LogP) is 6.15. The van der Waals surface area contributed by atoms with E-state index in [1.54, 1.807) is 24.3 Å². The molecule has 0 heterocycles. The zero-order valence-corrected chi connectivity index (χ0v) is 15.9. The smallest absolute Gasteiger partial charge is 0.119 e. The number of hydrogen-bond acceptors (Lipinski definition) is 4. The van der Waals surface area contributed by atoms with Gasteiger partial charge in [0, 0.05) is 12.1 Å². The molecule has 0 spiro atoms. The Balaban J connectivity index is 1.98. The number of fused-ring (bicyclic) bond motifs is 2. The molecule has 5 aromatic rings. The van der Waals surface area contributed by atoms with Gasteiger partial charge in [-0.25, -0.2) is 0 Å². The SMILES string of the molecule is Oc1cc(O)cc(-c2cccc3cc4ccccc4c(-c4cc(O)cc(O)c4)c23)c1. The van der Waals surface area contributed by atoms with Crippen LogP contribution in [0.5, 0.6) is 23.0 Å². The maximum atomic E-state index is 10.1. The molecule has 0 aliphatic carbocycles. The standard InChI is InChI=1S/C26H18O4/c27-19-9-17(10-20(28)13-19)24-7-3-5-16-8-15-4-1-2-6-23(15)26(25(16)24)18-11-21(29)14-22(30)12-18/h1-14,27-30H. The lowest BCUT2D eigenvalue weighted by molar-refractivity contribution is 0.450. The summed E-state index contributed by atoms with van der Waals surface area (Å²) in [4.78, 5) is 0. The Kier molecular flexibility index (Phi) is 4.00. The molecule has 0 saturated heterocycles. The molecule has 5 aromatic carbocycles. The van der Waals surface area contributed by atoms with Crippen LogP contribution in [-0.4, -0.2) is 20.4 Å². The van der Waals surface area contributed by atoms with Gasteiger partial charge in [-0.1, -0.05) is 42.5 Å². The van der Waals surface area contributed by atoms with Crippen LogP contribution in [0.15, 0.2) is 84.9 Å². The number of phenols is 4. The first-order valence-electron chi connectivity index (χ1n) is 9.51. The van der Waals surface area contributed by atoms with E-state index < -0.39 is 0 Å². The molecular formula is C26H18O4. The van der Waals surface area contributed by atoms with Crippen LogP contribution in [-0.2, 0) is 0 Å². The van der Waals surface area contributed by atoms with E-state index >= 15 is 0 Å². The highest BCUT2D eigenvalue weighted by Gasteiger charge is 2.16. The van der Waals surface area contributed by atoms with Crippen LogP contribution in [0.2, 0.25) is 0 Å². The lowest BCUT2D eigenvalue weighted by Crippen LogP contribution is -1.89. The van der Waals surface area contributed by atoms with Crippen molar-refractivity contribution in [1.82, 2.24) is 0 Å². The topological polar surface area (TPSA) is 80.9 Å². The molecule has 146 valence electrons. The Bertz CT molecular complexity index is 1400. The van der Waals surface area contributed by atoms with E-state index in [-0.39, 0.29) is 23.0 Å². The summed E-state index contributed by atoms with van der Waals surface area (Å²) in [7, 11) is 0. The van der Waals surface area contributed by atoms with Gasteiger partial charge in [-0.3, -0.25) is 0 Å². The molecule has 4 N–H and O–H groups in total. The maximum Gasteiger partial charge on any atom is 0.119 e. The van der Waals surface area contributed by atoms with Gasteiger partial charge in [0.1, 0.15) is 23.0 Å². The Morgan fingerprint density at radius 3 is 1.70 bits per heavy atom. The van der Waals surface area contributed by atoms with Crippen molar-refractivity contribution in [3.8, 4) is 45.3 Å². The summed E-state index contributed by atoms with van der Waals surface area (Å²) in [6.45, 7) is 0. The summed E-state index contributed by atoms with van der Waals surface area (Å²) in [5.74, 6) is -0.115. The summed E-state index contributed by atoms with van der Waals surface area (Å²) in [5.41, 5.74) is 3.01. The van der Waals surface area contributed by atoms with E-state index in [4.69, 9.17) is 0 Å². The number of aromatic hydroxyl groups is 4. The first-order valence-corrected chi connectivity index (χ1v) is 9.51. The highest BCUT2D eigenvalue weighted by atomic mass is 16.3. The highest BCUT2D eigenvalue weighted by Crippen LogP contribution is 2.43. The van der Waals surface area contributed by atoms with Crippen molar-refractivity contribution in [3.63, 3.8) is 0 Å². The number of benzene rings is 5. The van der Waals surface area contributed by atoms with Gasteiger partial charge in [0.05, 0.1) is 0 Å². The third kappa shape index (κ3) is 2.95. The molecule has 0 radical (unpaired) electrons. The number of rotatable bonds is 2. The van der Waals surface area contributed by atoms with Gasteiger partial charge in [-0.2, -0.15) is 0 Å². The van der Waals surface area contributed by atoms with E-state index in [9.17, 15) is 20.4 Å². The maximum absolute atomic E-state index is 10.1. The van der Waals surface area contributed by atoms with Crippen molar-refractivity contribution in [2.45, 2.75) is 0 Å². The number of phenolic OH excluding ortho intramolecular Hbond substituents is 4. The van der Waals surface area contributed by atoms with E-state index in [2.05, 4.69) is 6.07 Å². The molecule has 0 fully saturated rings. The lowest BCUT2D eigenvalue weighted by Gasteiger charge is -2.16. The third-order valence-corrected chi connectivity index (χ3v) is 5.29. The molecule has 0 aliphatic heterocycles. The predicted molar refractivity (Wildman–Crippen MR) is 119 cm³/mol. The Hall–Kier alpha value is -4.18. The van der Waals surface area contributed by atoms with Crippen molar-refractivity contribution < 1.29 is 20.4 Å². The third-order valence-electron chi connectivity index (χ3n) is 5.29. The van der Waals surface area contributed by atoms with Gasteiger partial charge in [0.15, 0.2) is 0 Å². The monoisotopic (exact) mass is 394 g/mol. The van der Waals surface area contributed by atoms with E-state index in [1.807, 2.05) is 42.5 Å². The summed E-state index contributed by atoms with van der Waals surface area (Å²) in [6.07, 6.45) is 0. The zero-order chi connectivity index (χ0) is 20.8. The molecule has 0 atom stereocenters. The van der Waals surface area contributed by atoms with Gasteiger partial charge < -0.3 is 20.4 Å². The second-order valence-electron chi connectivity index (χ2n) is 7.35. The van der Waals surface area contributed by atoms with Gasteiger partial charge in [-0.15, -0.1) is 0 Å². The van der Waals surface area contributed by atoms with Crippen molar-refractivity contribution in [1.29, 1.82) is 0 Å². The Labute approximate surface area is 172 Å². The number of hydrogen-bond donors (Lipinski definition) is 4. The molecule has 0 unspecified atom stereocenters. The summed E-state index contributed by atoms with van der Waals surface area (Å²) >= 11 is 0. The zero-order valence-electron chi connectivity index (χ0n) is 15.9. The van der Waals surface area contributed by atoms with Crippen LogP contribution in [0.25, 0.3) is 43.8 Å². The normalized spacial score (nSPS) is 11.2. The first kappa shape index (κ1) is 17.9. The lowest BCUT2D eigenvalue weighted by atomic mass is 9.87.